The maximum absolute atomic E-state index is 13.1. The molecule has 1 fully saturated rings. The molecule has 7 heteroatoms. The summed E-state index contributed by atoms with van der Waals surface area (Å²) >= 11 is 0. The van der Waals surface area contributed by atoms with Gasteiger partial charge in [0.05, 0.1) is 0 Å². The summed E-state index contributed by atoms with van der Waals surface area (Å²) in [5.41, 5.74) is 7.13. The number of amides is 1. The number of carbonyl (C=O) groups excluding carboxylic acids is 2. The van der Waals surface area contributed by atoms with E-state index in [1.165, 1.54) is 0 Å². The number of nitrogens with zero attached hydrogens (tertiary/aromatic N) is 3. The Morgan fingerprint density at radius 1 is 1.06 bits per heavy atom. The number of hydrogen-bond donors (Lipinski definition) is 1. The molecule has 1 aliphatic carbocycles. The van der Waals surface area contributed by atoms with E-state index in [4.69, 9.17) is 5.73 Å². The SMILES string of the molecule is CC(=O)C[n+]1cnn(C2CCC(C(C(N)=O)(c3ccccc3)c3ccccc3)C2)c1.[Br-]. The molecule has 1 saturated carbocycles. The van der Waals surface area contributed by atoms with Gasteiger partial charge in [0.15, 0.2) is 5.78 Å². The molecule has 1 amide bonds. The molecule has 2 unspecified atom stereocenters. The molecule has 0 spiro atoms. The van der Waals surface area contributed by atoms with Crippen LogP contribution >= 0.6 is 0 Å². The molecular formula is C24H27BrN4O2. The van der Waals surface area contributed by atoms with E-state index < -0.39 is 5.41 Å². The van der Waals surface area contributed by atoms with Gasteiger partial charge in [-0.3, -0.25) is 9.59 Å². The number of primary amides is 1. The average Bonchev–Trinajstić information content (AvgIpc) is 3.40. The Labute approximate surface area is 192 Å². The molecule has 1 aromatic heterocycles. The topological polar surface area (TPSA) is 81.9 Å². The predicted octanol–water partition coefficient (Wildman–Crippen LogP) is -0.424. The zero-order valence-corrected chi connectivity index (χ0v) is 19.1. The van der Waals surface area contributed by atoms with Gasteiger partial charge in [-0.1, -0.05) is 60.7 Å². The highest BCUT2D eigenvalue weighted by Crippen LogP contribution is 2.49. The van der Waals surface area contributed by atoms with Crippen molar-refractivity contribution in [3.8, 4) is 0 Å². The van der Waals surface area contributed by atoms with Crippen molar-refractivity contribution in [1.29, 1.82) is 0 Å². The first-order valence-electron chi connectivity index (χ1n) is 10.4. The van der Waals surface area contributed by atoms with Crippen molar-refractivity contribution in [1.82, 2.24) is 9.78 Å². The molecular weight excluding hydrogens is 456 g/mol. The van der Waals surface area contributed by atoms with E-state index in [9.17, 15) is 9.59 Å². The summed E-state index contributed by atoms with van der Waals surface area (Å²) in [5.74, 6) is -0.183. The van der Waals surface area contributed by atoms with Crippen LogP contribution in [-0.2, 0) is 21.5 Å². The third-order valence-electron chi connectivity index (χ3n) is 6.24. The van der Waals surface area contributed by atoms with Crippen molar-refractivity contribution < 1.29 is 31.1 Å². The monoisotopic (exact) mass is 482 g/mol. The molecule has 0 saturated heterocycles. The largest absolute Gasteiger partial charge is 1.00 e. The Balaban J connectivity index is 0.00000272. The number of halogens is 1. The second-order valence-electron chi connectivity index (χ2n) is 8.17. The molecule has 1 heterocycles. The molecule has 2 N–H and O–H groups in total. The standard InChI is InChI=1S/C24H26N4O2.BrH/c1-18(29)15-27-16-26-28(17-27)22-13-12-21(14-22)24(23(25)30,19-8-4-2-5-9-19)20-10-6-3-7-11-20;/h2-11,16-17,21-22H,12-15H2,1H3,(H-,25,30);1H. The minimum atomic E-state index is -0.889. The maximum Gasteiger partial charge on any atom is 0.265 e. The summed E-state index contributed by atoms with van der Waals surface area (Å²) in [7, 11) is 0. The van der Waals surface area contributed by atoms with Gasteiger partial charge in [0.2, 0.25) is 12.2 Å². The van der Waals surface area contributed by atoms with E-state index in [1.807, 2.05) is 71.7 Å². The Hall–Kier alpha value is -2.80. The molecule has 31 heavy (non-hydrogen) atoms. The minimum Gasteiger partial charge on any atom is -1.00 e. The van der Waals surface area contributed by atoms with Gasteiger partial charge in [-0.15, -0.1) is 4.68 Å². The van der Waals surface area contributed by atoms with Crippen LogP contribution in [0.2, 0.25) is 0 Å². The lowest BCUT2D eigenvalue weighted by atomic mass is 9.64. The highest BCUT2D eigenvalue weighted by atomic mass is 79.9. The fourth-order valence-electron chi connectivity index (χ4n) is 4.98. The molecule has 6 nitrogen and oxygen atoms in total. The fourth-order valence-corrected chi connectivity index (χ4v) is 4.98. The Kier molecular flexibility index (Phi) is 7.05. The molecule has 0 aliphatic heterocycles. The quantitative estimate of drug-likeness (QED) is 0.464. The van der Waals surface area contributed by atoms with E-state index in [1.54, 1.807) is 17.8 Å². The van der Waals surface area contributed by atoms with Crippen LogP contribution < -0.4 is 27.3 Å². The highest BCUT2D eigenvalue weighted by Gasteiger charge is 2.51. The van der Waals surface area contributed by atoms with Crippen LogP contribution in [0.4, 0.5) is 0 Å². The zero-order chi connectivity index (χ0) is 21.1. The number of aromatic nitrogens is 3. The average molecular weight is 483 g/mol. The van der Waals surface area contributed by atoms with Crippen molar-refractivity contribution in [2.75, 3.05) is 0 Å². The normalized spacial score (nSPS) is 18.4. The molecule has 0 radical (unpaired) electrons. The van der Waals surface area contributed by atoms with Crippen molar-refractivity contribution in [3.63, 3.8) is 0 Å². The van der Waals surface area contributed by atoms with E-state index in [0.29, 0.717) is 6.54 Å². The van der Waals surface area contributed by atoms with Crippen LogP contribution in [-0.4, -0.2) is 21.5 Å². The van der Waals surface area contributed by atoms with Gasteiger partial charge in [0.25, 0.3) is 6.33 Å². The van der Waals surface area contributed by atoms with E-state index in [-0.39, 0.29) is 40.6 Å². The number of carbonyl (C=O) groups is 2. The van der Waals surface area contributed by atoms with Gasteiger partial charge < -0.3 is 22.7 Å². The summed E-state index contributed by atoms with van der Waals surface area (Å²) in [5, 5.41) is 4.47. The van der Waals surface area contributed by atoms with Crippen molar-refractivity contribution >= 4 is 11.7 Å². The number of ketones is 1. The number of rotatable bonds is 7. The first-order chi connectivity index (χ1) is 14.5. The smallest absolute Gasteiger partial charge is 0.265 e. The summed E-state index contributed by atoms with van der Waals surface area (Å²) in [6.07, 6.45) is 6.12. The summed E-state index contributed by atoms with van der Waals surface area (Å²) in [4.78, 5) is 24.5. The molecule has 2 aromatic carbocycles. The van der Waals surface area contributed by atoms with Crippen LogP contribution in [0.1, 0.15) is 43.4 Å². The number of benzene rings is 2. The first kappa shape index (κ1) is 22.9. The Morgan fingerprint density at radius 3 is 2.16 bits per heavy atom. The van der Waals surface area contributed by atoms with Gasteiger partial charge in [0, 0.05) is 5.10 Å². The van der Waals surface area contributed by atoms with Crippen LogP contribution in [0.25, 0.3) is 0 Å². The van der Waals surface area contributed by atoms with Crippen LogP contribution in [0, 0.1) is 5.92 Å². The highest BCUT2D eigenvalue weighted by molar-refractivity contribution is 5.91. The van der Waals surface area contributed by atoms with E-state index in [2.05, 4.69) is 5.10 Å². The minimum absolute atomic E-state index is 0. The third kappa shape index (κ3) is 4.32. The summed E-state index contributed by atoms with van der Waals surface area (Å²) in [6, 6.07) is 19.9. The lowest BCUT2D eigenvalue weighted by molar-refractivity contribution is -0.685. The third-order valence-corrected chi connectivity index (χ3v) is 6.24. The lowest BCUT2D eigenvalue weighted by Crippen LogP contribution is -3.00. The van der Waals surface area contributed by atoms with Crippen molar-refractivity contribution in [3.05, 3.63) is 84.4 Å². The summed E-state index contributed by atoms with van der Waals surface area (Å²) in [6.45, 7) is 1.88. The molecule has 2 atom stereocenters. The second-order valence-corrected chi connectivity index (χ2v) is 8.17. The van der Waals surface area contributed by atoms with Gasteiger partial charge in [-0.05, 0) is 43.2 Å². The molecule has 3 aromatic rings. The number of hydrogen-bond acceptors (Lipinski definition) is 3. The van der Waals surface area contributed by atoms with Gasteiger partial charge in [-0.25, -0.2) is 4.57 Å². The van der Waals surface area contributed by atoms with Crippen molar-refractivity contribution in [2.45, 2.75) is 44.2 Å². The van der Waals surface area contributed by atoms with Crippen LogP contribution in [0.5, 0.6) is 0 Å². The second kappa shape index (κ2) is 9.56. The maximum atomic E-state index is 13.1. The van der Waals surface area contributed by atoms with Crippen LogP contribution in [0.3, 0.4) is 0 Å². The van der Waals surface area contributed by atoms with Gasteiger partial charge in [0.1, 0.15) is 18.0 Å². The van der Waals surface area contributed by atoms with E-state index in [0.717, 1.165) is 30.4 Å². The molecule has 162 valence electrons. The first-order valence-corrected chi connectivity index (χ1v) is 10.4. The number of nitrogens with two attached hydrogens (primary N) is 1. The summed E-state index contributed by atoms with van der Waals surface area (Å²) < 4.78 is 3.72. The molecule has 4 rings (SSSR count). The Morgan fingerprint density at radius 2 is 1.65 bits per heavy atom. The van der Waals surface area contributed by atoms with Gasteiger partial charge >= 0.3 is 0 Å². The molecule has 1 aliphatic rings. The molecule has 0 bridgehead atoms. The number of Topliss-reactive ketones (excluding diaryl/α,β-unsaturated/α-hetero) is 1. The Bertz CT molecular complexity index is 997. The van der Waals surface area contributed by atoms with Crippen molar-refractivity contribution in [2.24, 2.45) is 11.7 Å². The lowest BCUT2D eigenvalue weighted by Gasteiger charge is -2.37. The van der Waals surface area contributed by atoms with E-state index >= 15 is 0 Å². The fraction of sp³-hybridized carbons (Fsp3) is 0.333. The zero-order valence-electron chi connectivity index (χ0n) is 17.5. The predicted molar refractivity (Wildman–Crippen MR) is 112 cm³/mol. The van der Waals surface area contributed by atoms with Crippen LogP contribution in [0.15, 0.2) is 73.3 Å². The van der Waals surface area contributed by atoms with Gasteiger partial charge in [-0.2, -0.15) is 0 Å².